The van der Waals surface area contributed by atoms with Crippen LogP contribution in [0.25, 0.3) is 0 Å². The number of amides is 5. The van der Waals surface area contributed by atoms with Crippen LogP contribution in [0.15, 0.2) is 30.3 Å². The van der Waals surface area contributed by atoms with Gasteiger partial charge in [-0.25, -0.2) is 4.79 Å². The van der Waals surface area contributed by atoms with E-state index in [0.29, 0.717) is 6.42 Å². The first kappa shape index (κ1) is 32.1. The molecule has 1 aromatic carbocycles. The van der Waals surface area contributed by atoms with Crippen molar-refractivity contribution in [1.82, 2.24) is 20.9 Å². The standard InChI is InChI=1S/C31H47N5O5/c1-29(2,3)25(34-28(41)35-30(4,5)6)27(40)36(19-31(15-16-31)21-13-8-7-9-14-21)18-23(37)33-22(24(38)26(32)39)17-20-11-10-12-20/h7-9,13-14,20,22,25H,10-12,15-19H2,1-6H3,(H2,32,39)(H,33,37)(H2,34,35,41)/t22?,25-/m0/s1. The quantitative estimate of drug-likeness (QED) is 0.286. The third-order valence-electron chi connectivity index (χ3n) is 7.94. The number of Topliss-reactive ketones (excluding diaryl/α,β-unsaturated/α-hetero) is 1. The Morgan fingerprint density at radius 1 is 0.976 bits per heavy atom. The first-order valence-corrected chi connectivity index (χ1v) is 14.6. The van der Waals surface area contributed by atoms with Crippen LogP contribution < -0.4 is 21.7 Å². The van der Waals surface area contributed by atoms with E-state index in [1.54, 1.807) is 0 Å². The van der Waals surface area contributed by atoms with Gasteiger partial charge in [0.05, 0.1) is 12.6 Å². The van der Waals surface area contributed by atoms with E-state index >= 15 is 0 Å². The maximum absolute atomic E-state index is 14.2. The largest absolute Gasteiger partial charge is 0.363 e. The summed E-state index contributed by atoms with van der Waals surface area (Å²) in [5.74, 6) is -2.63. The molecule has 10 heteroatoms. The van der Waals surface area contributed by atoms with E-state index < -0.39 is 52.6 Å². The third-order valence-corrected chi connectivity index (χ3v) is 7.94. The molecule has 0 aliphatic heterocycles. The molecule has 2 fully saturated rings. The Morgan fingerprint density at radius 3 is 2.05 bits per heavy atom. The number of carbonyl (C=O) groups excluding carboxylic acids is 5. The molecular formula is C31H47N5O5. The highest BCUT2D eigenvalue weighted by molar-refractivity contribution is 6.37. The lowest BCUT2D eigenvalue weighted by atomic mass is 9.80. The van der Waals surface area contributed by atoms with E-state index in [1.165, 1.54) is 4.90 Å². The summed E-state index contributed by atoms with van der Waals surface area (Å²) in [6, 6.07) is 7.44. The monoisotopic (exact) mass is 569 g/mol. The number of urea groups is 1. The second kappa shape index (κ2) is 12.6. The van der Waals surface area contributed by atoms with Gasteiger partial charge in [-0.3, -0.25) is 19.2 Å². The lowest BCUT2D eigenvalue weighted by Crippen LogP contribution is -2.60. The molecule has 0 spiro atoms. The van der Waals surface area contributed by atoms with Gasteiger partial charge in [-0.1, -0.05) is 70.4 Å². The molecule has 2 atom stereocenters. The van der Waals surface area contributed by atoms with Gasteiger partial charge in [-0.05, 0) is 56.9 Å². The van der Waals surface area contributed by atoms with E-state index in [0.717, 1.165) is 37.7 Å². The van der Waals surface area contributed by atoms with Crippen molar-refractivity contribution in [3.8, 4) is 0 Å². The van der Waals surface area contributed by atoms with Crippen molar-refractivity contribution in [3.05, 3.63) is 35.9 Å². The van der Waals surface area contributed by atoms with Crippen LogP contribution in [0.1, 0.15) is 85.6 Å². The number of nitrogens with one attached hydrogen (secondary N) is 3. The lowest BCUT2D eigenvalue weighted by Gasteiger charge is -2.37. The minimum atomic E-state index is -1.09. The molecule has 3 rings (SSSR count). The molecule has 2 saturated carbocycles. The number of benzene rings is 1. The normalized spacial score (nSPS) is 17.8. The van der Waals surface area contributed by atoms with Crippen LogP contribution in [0, 0.1) is 11.3 Å². The van der Waals surface area contributed by atoms with E-state index in [1.807, 2.05) is 71.9 Å². The van der Waals surface area contributed by atoms with Gasteiger partial charge in [0.1, 0.15) is 6.04 Å². The number of nitrogens with zero attached hydrogens (tertiary/aromatic N) is 1. The highest BCUT2D eigenvalue weighted by atomic mass is 16.2. The number of nitrogens with two attached hydrogens (primary N) is 1. The average Bonchev–Trinajstić information content (AvgIpc) is 3.62. The zero-order valence-electron chi connectivity index (χ0n) is 25.3. The van der Waals surface area contributed by atoms with Gasteiger partial charge < -0.3 is 26.6 Å². The van der Waals surface area contributed by atoms with Gasteiger partial charge in [0.25, 0.3) is 5.91 Å². The second-order valence-corrected chi connectivity index (χ2v) is 13.9. The Kier molecular flexibility index (Phi) is 9.87. The van der Waals surface area contributed by atoms with Gasteiger partial charge in [0.15, 0.2) is 0 Å². The molecule has 226 valence electrons. The summed E-state index contributed by atoms with van der Waals surface area (Å²) in [6.45, 7) is 11.1. The molecule has 5 N–H and O–H groups in total. The van der Waals surface area contributed by atoms with Crippen molar-refractivity contribution in [2.75, 3.05) is 13.1 Å². The van der Waals surface area contributed by atoms with Gasteiger partial charge in [0.2, 0.25) is 17.6 Å². The molecule has 10 nitrogen and oxygen atoms in total. The highest BCUT2D eigenvalue weighted by Gasteiger charge is 2.48. The second-order valence-electron chi connectivity index (χ2n) is 13.9. The van der Waals surface area contributed by atoms with Crippen molar-refractivity contribution in [3.63, 3.8) is 0 Å². The van der Waals surface area contributed by atoms with Gasteiger partial charge >= 0.3 is 6.03 Å². The SMILES string of the molecule is CC(C)(C)NC(=O)N[C@@H](C(=O)N(CC(=O)NC(CC1CCC1)C(=O)C(N)=O)CC1(c2ccccc2)CC1)C(C)(C)C. The molecule has 1 unspecified atom stereocenters. The van der Waals surface area contributed by atoms with E-state index in [4.69, 9.17) is 5.73 Å². The maximum atomic E-state index is 14.2. The van der Waals surface area contributed by atoms with Crippen LogP contribution in [0.3, 0.4) is 0 Å². The molecule has 1 aromatic rings. The Hall–Kier alpha value is -3.43. The van der Waals surface area contributed by atoms with Crippen LogP contribution >= 0.6 is 0 Å². The topological polar surface area (TPSA) is 151 Å². The zero-order valence-corrected chi connectivity index (χ0v) is 25.3. The minimum Gasteiger partial charge on any atom is -0.363 e. The Labute approximate surface area is 243 Å². The van der Waals surface area contributed by atoms with Crippen LogP contribution in [-0.4, -0.2) is 65.1 Å². The molecule has 0 heterocycles. The third kappa shape index (κ3) is 9.03. The smallest absolute Gasteiger partial charge is 0.315 e. The predicted octanol–water partition coefficient (Wildman–Crippen LogP) is 2.79. The molecular weight excluding hydrogens is 522 g/mol. The van der Waals surface area contributed by atoms with Crippen molar-refractivity contribution in [2.45, 2.75) is 103 Å². The number of carbonyl (C=O) groups is 5. The Morgan fingerprint density at radius 2 is 1.59 bits per heavy atom. The number of ketones is 1. The molecule has 41 heavy (non-hydrogen) atoms. The van der Waals surface area contributed by atoms with E-state index in [9.17, 15) is 24.0 Å². The first-order chi connectivity index (χ1) is 19.0. The van der Waals surface area contributed by atoms with Crippen LogP contribution in [-0.2, 0) is 24.6 Å². The van der Waals surface area contributed by atoms with Crippen LogP contribution in [0.2, 0.25) is 0 Å². The summed E-state index contributed by atoms with van der Waals surface area (Å²) >= 11 is 0. The summed E-state index contributed by atoms with van der Waals surface area (Å²) in [4.78, 5) is 66.2. The molecule has 5 amide bonds. The minimum absolute atomic E-state index is 0.241. The Balaban J connectivity index is 1.86. The molecule has 0 aromatic heterocycles. The van der Waals surface area contributed by atoms with Crippen molar-refractivity contribution in [1.29, 1.82) is 0 Å². The van der Waals surface area contributed by atoms with Crippen LogP contribution in [0.5, 0.6) is 0 Å². The maximum Gasteiger partial charge on any atom is 0.315 e. The van der Waals surface area contributed by atoms with Crippen LogP contribution in [0.4, 0.5) is 4.79 Å². The van der Waals surface area contributed by atoms with Gasteiger partial charge in [-0.15, -0.1) is 0 Å². The van der Waals surface area contributed by atoms with E-state index in [2.05, 4.69) is 16.0 Å². The summed E-state index contributed by atoms with van der Waals surface area (Å²) in [5.41, 5.74) is 4.88. The summed E-state index contributed by atoms with van der Waals surface area (Å²) in [6.07, 6.45) is 4.95. The Bertz CT molecular complexity index is 1130. The number of hydrogen-bond donors (Lipinski definition) is 4. The lowest BCUT2D eigenvalue weighted by molar-refractivity contribution is -0.142. The number of rotatable bonds is 12. The fourth-order valence-electron chi connectivity index (χ4n) is 5.28. The van der Waals surface area contributed by atoms with Gasteiger partial charge in [0, 0.05) is 17.5 Å². The summed E-state index contributed by atoms with van der Waals surface area (Å²) in [5, 5.41) is 8.37. The fraction of sp³-hybridized carbons (Fsp3) is 0.645. The molecule has 0 bridgehead atoms. The average molecular weight is 570 g/mol. The molecule has 2 aliphatic carbocycles. The highest BCUT2D eigenvalue weighted by Crippen LogP contribution is 2.48. The molecule has 0 saturated heterocycles. The molecule has 2 aliphatic rings. The summed E-state index contributed by atoms with van der Waals surface area (Å²) < 4.78 is 0. The zero-order chi connectivity index (χ0) is 30.6. The first-order valence-electron chi connectivity index (χ1n) is 14.6. The number of primary amides is 1. The molecule has 0 radical (unpaired) electrons. The number of hydrogen-bond acceptors (Lipinski definition) is 5. The van der Waals surface area contributed by atoms with Gasteiger partial charge in [-0.2, -0.15) is 0 Å². The summed E-state index contributed by atoms with van der Waals surface area (Å²) in [7, 11) is 0. The van der Waals surface area contributed by atoms with Crippen molar-refractivity contribution in [2.24, 2.45) is 17.1 Å². The van der Waals surface area contributed by atoms with Crippen molar-refractivity contribution < 1.29 is 24.0 Å². The van der Waals surface area contributed by atoms with Crippen molar-refractivity contribution >= 4 is 29.5 Å². The predicted molar refractivity (Wildman–Crippen MR) is 157 cm³/mol. The fourth-order valence-corrected chi connectivity index (χ4v) is 5.28. The van der Waals surface area contributed by atoms with E-state index in [-0.39, 0.29) is 24.4 Å².